The molecule has 2 aliphatic rings. The Balaban J connectivity index is 1.34. The molecule has 1 aliphatic carbocycles. The summed E-state index contributed by atoms with van der Waals surface area (Å²) in [4.78, 5) is 25.9. The molecule has 0 radical (unpaired) electrons. The maximum absolute atomic E-state index is 12.5. The van der Waals surface area contributed by atoms with E-state index < -0.39 is 0 Å². The summed E-state index contributed by atoms with van der Waals surface area (Å²) < 4.78 is 1.75. The van der Waals surface area contributed by atoms with Gasteiger partial charge in [-0.2, -0.15) is 5.10 Å². The van der Waals surface area contributed by atoms with E-state index in [4.69, 9.17) is 0 Å². The summed E-state index contributed by atoms with van der Waals surface area (Å²) in [5, 5.41) is 4.26. The molecule has 4 rings (SSSR count). The molecule has 1 aliphatic heterocycles. The highest BCUT2D eigenvalue weighted by atomic mass is 16.2. The normalized spacial score (nSPS) is 18.3. The first-order valence-electron chi connectivity index (χ1n) is 10.1. The van der Waals surface area contributed by atoms with E-state index in [1.807, 2.05) is 30.2 Å². The molecule has 0 aromatic carbocycles. The standard InChI is InChI=1S/C20H28N6O/c1-16-22-18(15-19(23-16)26-10-4-9-21-26)24-11-13-25(14-12-24)20(27)8-7-17-5-2-3-6-17/h4,9-10,15,17H,2-3,5-8,11-14H2,1H3. The van der Waals surface area contributed by atoms with Gasteiger partial charge in [0.05, 0.1) is 0 Å². The SMILES string of the molecule is Cc1nc(N2CCN(C(=O)CCC3CCCC3)CC2)cc(-n2cccn2)n1. The van der Waals surface area contributed by atoms with E-state index in [1.54, 1.807) is 10.9 Å². The van der Waals surface area contributed by atoms with Gasteiger partial charge >= 0.3 is 0 Å². The van der Waals surface area contributed by atoms with Crippen LogP contribution in [0.2, 0.25) is 0 Å². The van der Waals surface area contributed by atoms with Crippen molar-refractivity contribution < 1.29 is 4.79 Å². The Bertz CT molecular complexity index is 761. The average molecular weight is 368 g/mol. The zero-order valence-corrected chi connectivity index (χ0v) is 16.0. The summed E-state index contributed by atoms with van der Waals surface area (Å²) in [6, 6.07) is 3.85. The minimum atomic E-state index is 0.317. The van der Waals surface area contributed by atoms with Gasteiger partial charge in [-0.3, -0.25) is 4.79 Å². The third-order valence-electron chi connectivity index (χ3n) is 5.75. The fraction of sp³-hybridized carbons (Fsp3) is 0.600. The van der Waals surface area contributed by atoms with Crippen molar-refractivity contribution in [2.75, 3.05) is 31.1 Å². The molecule has 0 N–H and O–H groups in total. The molecule has 1 amide bonds. The number of anilines is 1. The summed E-state index contributed by atoms with van der Waals surface area (Å²) >= 11 is 0. The quantitative estimate of drug-likeness (QED) is 0.811. The van der Waals surface area contributed by atoms with Crippen LogP contribution in [-0.2, 0) is 4.79 Å². The second kappa shape index (κ2) is 8.06. The molecular weight excluding hydrogens is 340 g/mol. The molecule has 2 aromatic heterocycles. The fourth-order valence-electron chi connectivity index (χ4n) is 4.19. The van der Waals surface area contributed by atoms with Crippen molar-refractivity contribution in [1.29, 1.82) is 0 Å². The molecule has 2 fully saturated rings. The third kappa shape index (κ3) is 4.28. The Hall–Kier alpha value is -2.44. The maximum Gasteiger partial charge on any atom is 0.222 e. The van der Waals surface area contributed by atoms with Gasteiger partial charge in [0, 0.05) is 51.1 Å². The minimum Gasteiger partial charge on any atom is -0.353 e. The van der Waals surface area contributed by atoms with E-state index in [-0.39, 0.29) is 0 Å². The van der Waals surface area contributed by atoms with Crippen molar-refractivity contribution in [2.45, 2.75) is 45.4 Å². The van der Waals surface area contributed by atoms with Crippen molar-refractivity contribution in [3.8, 4) is 5.82 Å². The van der Waals surface area contributed by atoms with E-state index in [2.05, 4.69) is 20.0 Å². The van der Waals surface area contributed by atoms with Gasteiger partial charge in [0.1, 0.15) is 11.6 Å². The number of aryl methyl sites for hydroxylation is 1. The molecule has 7 nitrogen and oxygen atoms in total. The van der Waals surface area contributed by atoms with Crippen LogP contribution in [0.1, 0.15) is 44.3 Å². The molecule has 3 heterocycles. The number of hydrogen-bond acceptors (Lipinski definition) is 5. The number of aromatic nitrogens is 4. The highest BCUT2D eigenvalue weighted by molar-refractivity contribution is 5.76. The monoisotopic (exact) mass is 368 g/mol. The summed E-state index contributed by atoms with van der Waals surface area (Å²) in [6.07, 6.45) is 10.7. The van der Waals surface area contributed by atoms with Crippen LogP contribution in [0.15, 0.2) is 24.5 Å². The van der Waals surface area contributed by atoms with Crippen LogP contribution in [-0.4, -0.2) is 56.7 Å². The molecule has 0 unspecified atom stereocenters. The molecule has 144 valence electrons. The molecule has 0 atom stereocenters. The number of carbonyl (C=O) groups is 1. The summed E-state index contributed by atoms with van der Waals surface area (Å²) in [5.74, 6) is 3.51. The van der Waals surface area contributed by atoms with Crippen LogP contribution < -0.4 is 4.90 Å². The topological polar surface area (TPSA) is 67.2 Å². The molecule has 2 aromatic rings. The summed E-state index contributed by atoms with van der Waals surface area (Å²) in [6.45, 7) is 5.06. The number of carbonyl (C=O) groups excluding carboxylic acids is 1. The van der Waals surface area contributed by atoms with Gasteiger partial charge in [-0.1, -0.05) is 25.7 Å². The number of nitrogens with zero attached hydrogens (tertiary/aromatic N) is 6. The zero-order valence-electron chi connectivity index (χ0n) is 16.0. The smallest absolute Gasteiger partial charge is 0.222 e. The number of piperazine rings is 1. The van der Waals surface area contributed by atoms with Gasteiger partial charge in [-0.15, -0.1) is 0 Å². The number of amides is 1. The zero-order chi connectivity index (χ0) is 18.6. The molecule has 1 saturated heterocycles. The molecule has 7 heteroatoms. The van der Waals surface area contributed by atoms with Gasteiger partial charge in [-0.05, 0) is 25.3 Å². The summed E-state index contributed by atoms with van der Waals surface area (Å²) in [7, 11) is 0. The van der Waals surface area contributed by atoms with Gasteiger partial charge in [0.2, 0.25) is 5.91 Å². The second-order valence-electron chi connectivity index (χ2n) is 7.64. The first-order chi connectivity index (χ1) is 13.2. The van der Waals surface area contributed by atoms with Gasteiger partial charge in [0.25, 0.3) is 0 Å². The van der Waals surface area contributed by atoms with E-state index in [0.29, 0.717) is 12.3 Å². The van der Waals surface area contributed by atoms with Gasteiger partial charge in [0.15, 0.2) is 5.82 Å². The second-order valence-corrected chi connectivity index (χ2v) is 7.64. The van der Waals surface area contributed by atoms with Gasteiger partial charge < -0.3 is 9.80 Å². The average Bonchev–Trinajstić information content (AvgIpc) is 3.39. The first-order valence-corrected chi connectivity index (χ1v) is 10.1. The van der Waals surface area contributed by atoms with Crippen molar-refractivity contribution in [3.05, 3.63) is 30.4 Å². The lowest BCUT2D eigenvalue weighted by Crippen LogP contribution is -2.49. The Kier molecular flexibility index (Phi) is 5.36. The predicted octanol–water partition coefficient (Wildman–Crippen LogP) is 2.59. The van der Waals surface area contributed by atoms with Crippen LogP contribution in [0.25, 0.3) is 5.82 Å². The van der Waals surface area contributed by atoms with Crippen molar-refractivity contribution in [2.24, 2.45) is 5.92 Å². The molecular formula is C20H28N6O. The Morgan fingerprint density at radius 1 is 1.11 bits per heavy atom. The Morgan fingerprint density at radius 2 is 1.85 bits per heavy atom. The predicted molar refractivity (Wildman–Crippen MR) is 104 cm³/mol. The van der Waals surface area contributed by atoms with Gasteiger partial charge in [-0.25, -0.2) is 14.6 Å². The van der Waals surface area contributed by atoms with Crippen molar-refractivity contribution >= 4 is 11.7 Å². The highest BCUT2D eigenvalue weighted by Gasteiger charge is 2.24. The Morgan fingerprint density at radius 3 is 2.56 bits per heavy atom. The third-order valence-corrected chi connectivity index (χ3v) is 5.75. The highest BCUT2D eigenvalue weighted by Crippen LogP contribution is 2.28. The van der Waals surface area contributed by atoms with Crippen molar-refractivity contribution in [3.63, 3.8) is 0 Å². The lowest BCUT2D eigenvalue weighted by atomic mass is 10.0. The molecule has 0 bridgehead atoms. The lowest BCUT2D eigenvalue weighted by Gasteiger charge is -2.35. The maximum atomic E-state index is 12.5. The van der Waals surface area contributed by atoms with Crippen LogP contribution >= 0.6 is 0 Å². The first kappa shape index (κ1) is 17.9. The van der Waals surface area contributed by atoms with E-state index in [9.17, 15) is 4.79 Å². The van der Waals surface area contributed by atoms with Crippen LogP contribution in [0, 0.1) is 12.8 Å². The largest absolute Gasteiger partial charge is 0.353 e. The molecule has 27 heavy (non-hydrogen) atoms. The van der Waals surface area contributed by atoms with Crippen molar-refractivity contribution in [1.82, 2.24) is 24.6 Å². The van der Waals surface area contributed by atoms with E-state index >= 15 is 0 Å². The number of hydrogen-bond donors (Lipinski definition) is 0. The summed E-state index contributed by atoms with van der Waals surface area (Å²) in [5.41, 5.74) is 0. The van der Waals surface area contributed by atoms with E-state index in [1.165, 1.54) is 25.7 Å². The number of rotatable bonds is 5. The molecule has 0 spiro atoms. The lowest BCUT2D eigenvalue weighted by molar-refractivity contribution is -0.131. The van der Waals surface area contributed by atoms with Crippen LogP contribution in [0.5, 0.6) is 0 Å². The van der Waals surface area contributed by atoms with Crippen LogP contribution in [0.4, 0.5) is 5.82 Å². The van der Waals surface area contributed by atoms with E-state index in [0.717, 1.165) is 56.0 Å². The minimum absolute atomic E-state index is 0.317. The molecule has 1 saturated carbocycles. The Labute approximate surface area is 160 Å². The van der Waals surface area contributed by atoms with Crippen LogP contribution in [0.3, 0.4) is 0 Å². The fourth-order valence-corrected chi connectivity index (χ4v) is 4.19.